The fourth-order valence-electron chi connectivity index (χ4n) is 1.35. The lowest BCUT2D eigenvalue weighted by atomic mass is 10.1. The first kappa shape index (κ1) is 14.8. The Balaban J connectivity index is 3.02. The third-order valence-corrected chi connectivity index (χ3v) is 2.89. The molecule has 8 heteroatoms. The smallest absolute Gasteiger partial charge is 0.405 e. The molecule has 0 heterocycles. The van der Waals surface area contributed by atoms with E-state index in [1.165, 1.54) is 18.2 Å². The highest BCUT2D eigenvalue weighted by molar-refractivity contribution is 7.90. The predicted octanol–water partition coefficient (Wildman–Crippen LogP) is 1.66. The van der Waals surface area contributed by atoms with Gasteiger partial charge in [-0.3, -0.25) is 0 Å². The minimum atomic E-state index is -4.90. The Morgan fingerprint density at radius 2 is 1.89 bits per heavy atom. The van der Waals surface area contributed by atoms with Crippen molar-refractivity contribution < 1.29 is 31.4 Å². The normalized spacial score (nSPS) is 14.3. The number of ether oxygens (including phenoxy) is 1. The number of hydrogen-bond acceptors (Lipinski definition) is 4. The van der Waals surface area contributed by atoms with E-state index in [1.807, 2.05) is 0 Å². The molecule has 0 aliphatic heterocycles. The molecule has 0 bridgehead atoms. The van der Waals surface area contributed by atoms with Crippen LogP contribution in [-0.4, -0.2) is 31.9 Å². The van der Waals surface area contributed by atoms with Gasteiger partial charge in [0, 0.05) is 11.8 Å². The number of benzene rings is 1. The van der Waals surface area contributed by atoms with Crippen LogP contribution in [0.5, 0.6) is 5.75 Å². The summed E-state index contributed by atoms with van der Waals surface area (Å²) >= 11 is 0. The zero-order valence-corrected chi connectivity index (χ0v) is 10.1. The molecule has 0 spiro atoms. The zero-order chi connectivity index (χ0) is 14.0. The number of sulfone groups is 1. The quantitative estimate of drug-likeness (QED) is 0.913. The molecule has 1 N–H and O–H groups in total. The van der Waals surface area contributed by atoms with E-state index in [4.69, 9.17) is 0 Å². The number of aliphatic hydroxyl groups excluding tert-OH is 1. The first-order valence-corrected chi connectivity index (χ1v) is 6.85. The van der Waals surface area contributed by atoms with Gasteiger partial charge in [-0.1, -0.05) is 18.2 Å². The highest BCUT2D eigenvalue weighted by Gasteiger charge is 2.33. The van der Waals surface area contributed by atoms with Crippen LogP contribution in [0.1, 0.15) is 11.7 Å². The standard InChI is InChI=1S/C10H11F3O4S/c1-18(15,16)6-8(14)7-4-2-3-5-9(7)17-10(11,12)13/h2-5,8,14H,6H2,1H3. The second-order valence-corrected chi connectivity index (χ2v) is 5.88. The van der Waals surface area contributed by atoms with E-state index in [0.717, 1.165) is 12.3 Å². The second-order valence-electron chi connectivity index (χ2n) is 3.69. The molecule has 0 aliphatic carbocycles. The van der Waals surface area contributed by atoms with Crippen LogP contribution in [-0.2, 0) is 9.84 Å². The molecular weight excluding hydrogens is 273 g/mol. The number of para-hydroxylation sites is 1. The van der Waals surface area contributed by atoms with E-state index in [9.17, 15) is 26.7 Å². The van der Waals surface area contributed by atoms with E-state index in [-0.39, 0.29) is 5.56 Å². The zero-order valence-electron chi connectivity index (χ0n) is 9.31. The molecule has 0 saturated carbocycles. The molecule has 1 rings (SSSR count). The summed E-state index contributed by atoms with van der Waals surface area (Å²) in [7, 11) is -3.52. The van der Waals surface area contributed by atoms with Crippen molar-refractivity contribution in [3.05, 3.63) is 29.8 Å². The average Bonchev–Trinajstić information content (AvgIpc) is 2.12. The molecular formula is C10H11F3O4S. The van der Waals surface area contributed by atoms with Crippen LogP contribution in [0.25, 0.3) is 0 Å². The predicted molar refractivity (Wildman–Crippen MR) is 57.8 cm³/mol. The van der Waals surface area contributed by atoms with Crippen molar-refractivity contribution >= 4 is 9.84 Å². The van der Waals surface area contributed by atoms with Crippen LogP contribution in [0.15, 0.2) is 24.3 Å². The third kappa shape index (κ3) is 4.92. The minimum Gasteiger partial charge on any atom is -0.405 e. The van der Waals surface area contributed by atoms with Crippen molar-refractivity contribution in [1.82, 2.24) is 0 Å². The largest absolute Gasteiger partial charge is 0.573 e. The maximum Gasteiger partial charge on any atom is 0.573 e. The van der Waals surface area contributed by atoms with Gasteiger partial charge in [-0.05, 0) is 6.07 Å². The lowest BCUT2D eigenvalue weighted by Crippen LogP contribution is -2.20. The first-order chi connectivity index (χ1) is 8.08. The molecule has 0 amide bonds. The maximum absolute atomic E-state index is 12.1. The van der Waals surface area contributed by atoms with Gasteiger partial charge in [-0.2, -0.15) is 0 Å². The van der Waals surface area contributed by atoms with Gasteiger partial charge >= 0.3 is 6.36 Å². The SMILES string of the molecule is CS(=O)(=O)CC(O)c1ccccc1OC(F)(F)F. The monoisotopic (exact) mass is 284 g/mol. The summed E-state index contributed by atoms with van der Waals surface area (Å²) in [5, 5.41) is 9.61. The number of halogens is 3. The Morgan fingerprint density at radius 3 is 2.39 bits per heavy atom. The van der Waals surface area contributed by atoms with Crippen molar-refractivity contribution in [3.63, 3.8) is 0 Å². The molecule has 4 nitrogen and oxygen atoms in total. The Hall–Kier alpha value is -1.28. The lowest BCUT2D eigenvalue weighted by Gasteiger charge is -2.16. The molecule has 1 atom stereocenters. The Labute approximate surface area is 102 Å². The highest BCUT2D eigenvalue weighted by Crippen LogP contribution is 2.30. The summed E-state index contributed by atoms with van der Waals surface area (Å²) in [6.45, 7) is 0. The van der Waals surface area contributed by atoms with E-state index in [2.05, 4.69) is 4.74 Å². The number of aliphatic hydroxyl groups is 1. The minimum absolute atomic E-state index is 0.222. The van der Waals surface area contributed by atoms with Crippen molar-refractivity contribution in [1.29, 1.82) is 0 Å². The molecule has 0 aliphatic rings. The van der Waals surface area contributed by atoms with Crippen molar-refractivity contribution in [2.24, 2.45) is 0 Å². The van der Waals surface area contributed by atoms with E-state index in [1.54, 1.807) is 0 Å². The van der Waals surface area contributed by atoms with Gasteiger partial charge in [0.1, 0.15) is 15.6 Å². The first-order valence-electron chi connectivity index (χ1n) is 4.79. The molecule has 0 aromatic heterocycles. The van der Waals surface area contributed by atoms with Crippen LogP contribution in [0.2, 0.25) is 0 Å². The van der Waals surface area contributed by atoms with Gasteiger partial charge < -0.3 is 9.84 Å². The van der Waals surface area contributed by atoms with Gasteiger partial charge in [0.25, 0.3) is 0 Å². The van der Waals surface area contributed by atoms with Crippen molar-refractivity contribution in [2.75, 3.05) is 12.0 Å². The summed E-state index contributed by atoms with van der Waals surface area (Å²) in [6.07, 6.45) is -5.59. The van der Waals surface area contributed by atoms with Crippen LogP contribution in [0.3, 0.4) is 0 Å². The summed E-state index contributed by atoms with van der Waals surface area (Å²) in [5.74, 6) is -1.29. The van der Waals surface area contributed by atoms with E-state index < -0.39 is 33.8 Å². The van der Waals surface area contributed by atoms with Crippen LogP contribution >= 0.6 is 0 Å². The summed E-state index contributed by atoms with van der Waals surface area (Å²) in [5.41, 5.74) is -0.222. The molecule has 18 heavy (non-hydrogen) atoms. The molecule has 102 valence electrons. The lowest BCUT2D eigenvalue weighted by molar-refractivity contribution is -0.275. The highest BCUT2D eigenvalue weighted by atomic mass is 32.2. The Kier molecular flexibility index (Phi) is 4.23. The van der Waals surface area contributed by atoms with Crippen LogP contribution in [0, 0.1) is 0 Å². The summed E-state index contributed by atoms with van der Waals surface area (Å²) < 4.78 is 62.0. The second kappa shape index (κ2) is 5.15. The molecule has 0 saturated heterocycles. The van der Waals surface area contributed by atoms with Gasteiger partial charge in [0.05, 0.1) is 11.9 Å². The van der Waals surface area contributed by atoms with Crippen LogP contribution in [0.4, 0.5) is 13.2 Å². The number of hydrogen-bond donors (Lipinski definition) is 1. The fraction of sp³-hybridized carbons (Fsp3) is 0.400. The van der Waals surface area contributed by atoms with Gasteiger partial charge in [0.15, 0.2) is 0 Å². The fourth-order valence-corrected chi connectivity index (χ4v) is 2.10. The van der Waals surface area contributed by atoms with E-state index >= 15 is 0 Å². The maximum atomic E-state index is 12.1. The Morgan fingerprint density at radius 1 is 1.33 bits per heavy atom. The molecule has 0 radical (unpaired) electrons. The van der Waals surface area contributed by atoms with Crippen LogP contribution < -0.4 is 4.74 Å². The van der Waals surface area contributed by atoms with Crippen molar-refractivity contribution in [2.45, 2.75) is 12.5 Å². The van der Waals surface area contributed by atoms with Gasteiger partial charge in [0.2, 0.25) is 0 Å². The van der Waals surface area contributed by atoms with E-state index in [0.29, 0.717) is 0 Å². The summed E-state index contributed by atoms with van der Waals surface area (Å²) in [6, 6.07) is 4.85. The van der Waals surface area contributed by atoms with Gasteiger partial charge in [-0.25, -0.2) is 8.42 Å². The summed E-state index contributed by atoms with van der Waals surface area (Å²) in [4.78, 5) is 0. The molecule has 1 aromatic rings. The Bertz CT molecular complexity index is 510. The van der Waals surface area contributed by atoms with Gasteiger partial charge in [-0.15, -0.1) is 13.2 Å². The average molecular weight is 284 g/mol. The molecule has 1 unspecified atom stereocenters. The molecule has 1 aromatic carbocycles. The number of alkyl halides is 3. The molecule has 0 fully saturated rings. The third-order valence-electron chi connectivity index (χ3n) is 1.96. The topological polar surface area (TPSA) is 63.6 Å². The van der Waals surface area contributed by atoms with Crippen molar-refractivity contribution in [3.8, 4) is 5.75 Å². The number of rotatable bonds is 4.